The Hall–Kier alpha value is -1.04. The van der Waals surface area contributed by atoms with Gasteiger partial charge in [-0.15, -0.1) is 0 Å². The van der Waals surface area contributed by atoms with E-state index in [2.05, 4.69) is 13.0 Å². The maximum absolute atomic E-state index is 11.6. The number of rotatable bonds is 6. The third-order valence-corrected chi connectivity index (χ3v) is 6.09. The molecule has 0 aromatic rings. The van der Waals surface area contributed by atoms with Crippen molar-refractivity contribution in [2.24, 2.45) is 17.3 Å². The zero-order chi connectivity index (χ0) is 16.7. The van der Waals surface area contributed by atoms with Crippen molar-refractivity contribution in [1.82, 2.24) is 0 Å². The van der Waals surface area contributed by atoms with Gasteiger partial charge in [-0.25, -0.2) is 0 Å². The lowest BCUT2D eigenvalue weighted by Gasteiger charge is -2.40. The average Bonchev–Trinajstić information content (AvgIpc) is 2.57. The molecule has 2 rings (SSSR count). The highest BCUT2D eigenvalue weighted by Crippen LogP contribution is 2.46. The summed E-state index contributed by atoms with van der Waals surface area (Å²) in [6, 6.07) is 2.62. The molecule has 0 spiro atoms. The number of carbonyl (C=O) groups is 1. The summed E-state index contributed by atoms with van der Waals surface area (Å²) in [5.41, 5.74) is -0.0296. The van der Waals surface area contributed by atoms with Gasteiger partial charge in [-0.2, -0.15) is 5.26 Å². The van der Waals surface area contributed by atoms with Crippen LogP contribution in [0.25, 0.3) is 0 Å². The predicted octanol–water partition coefficient (Wildman–Crippen LogP) is 5.39. The van der Waals surface area contributed by atoms with Crippen LogP contribution in [0.3, 0.4) is 0 Å². The summed E-state index contributed by atoms with van der Waals surface area (Å²) in [5, 5.41) is 9.53. The quantitative estimate of drug-likeness (QED) is 0.617. The highest BCUT2D eigenvalue weighted by Gasteiger charge is 2.38. The molecule has 130 valence electrons. The minimum atomic E-state index is -0.0296. The Kier molecular flexibility index (Phi) is 6.93. The van der Waals surface area contributed by atoms with Crippen LogP contribution in [0.2, 0.25) is 0 Å². The van der Waals surface area contributed by atoms with Crippen molar-refractivity contribution >= 4 is 5.97 Å². The number of ether oxygens (including phenoxy) is 1. The maximum atomic E-state index is 11.6. The van der Waals surface area contributed by atoms with Crippen molar-refractivity contribution in [3.63, 3.8) is 0 Å². The highest BCUT2D eigenvalue weighted by molar-refractivity contribution is 5.69. The summed E-state index contributed by atoms with van der Waals surface area (Å²) < 4.78 is 5.57. The number of hydrogen-bond acceptors (Lipinski definition) is 3. The lowest BCUT2D eigenvalue weighted by Crippen LogP contribution is -2.32. The van der Waals surface area contributed by atoms with Crippen LogP contribution >= 0.6 is 0 Å². The first-order chi connectivity index (χ1) is 11.1. The molecule has 2 fully saturated rings. The van der Waals surface area contributed by atoms with Crippen LogP contribution < -0.4 is 0 Å². The van der Waals surface area contributed by atoms with E-state index in [4.69, 9.17) is 4.74 Å². The minimum Gasteiger partial charge on any atom is -0.462 e. The predicted molar refractivity (Wildman–Crippen MR) is 91.7 cm³/mol. The number of esters is 1. The van der Waals surface area contributed by atoms with E-state index in [0.717, 1.165) is 56.8 Å². The number of nitriles is 1. The Morgan fingerprint density at radius 3 is 2.17 bits per heavy atom. The number of hydrogen-bond donors (Lipinski definition) is 0. The van der Waals surface area contributed by atoms with E-state index in [1.54, 1.807) is 0 Å². The second kappa shape index (κ2) is 8.71. The van der Waals surface area contributed by atoms with Gasteiger partial charge < -0.3 is 4.74 Å². The fourth-order valence-corrected chi connectivity index (χ4v) is 4.69. The number of nitrogens with zero attached hydrogens (tertiary/aromatic N) is 1. The molecule has 23 heavy (non-hydrogen) atoms. The van der Waals surface area contributed by atoms with Gasteiger partial charge >= 0.3 is 5.97 Å². The van der Waals surface area contributed by atoms with Gasteiger partial charge in [0.25, 0.3) is 0 Å². The summed E-state index contributed by atoms with van der Waals surface area (Å²) in [7, 11) is 0. The Balaban J connectivity index is 1.74. The molecule has 0 heterocycles. The molecule has 0 aromatic heterocycles. The Bertz CT molecular complexity index is 410. The molecule has 2 aliphatic carbocycles. The van der Waals surface area contributed by atoms with E-state index < -0.39 is 0 Å². The largest absolute Gasteiger partial charge is 0.462 e. The van der Waals surface area contributed by atoms with E-state index in [1.807, 2.05) is 6.92 Å². The highest BCUT2D eigenvalue weighted by atomic mass is 16.5. The van der Waals surface area contributed by atoms with Crippen LogP contribution in [-0.4, -0.2) is 12.1 Å². The van der Waals surface area contributed by atoms with Gasteiger partial charge in [-0.3, -0.25) is 4.79 Å². The maximum Gasteiger partial charge on any atom is 0.306 e. The van der Waals surface area contributed by atoms with Crippen molar-refractivity contribution in [3.05, 3.63) is 0 Å². The fraction of sp³-hybridized carbons (Fsp3) is 0.900. The van der Waals surface area contributed by atoms with Crippen LogP contribution in [0.4, 0.5) is 0 Å². The molecule has 3 heteroatoms. The Morgan fingerprint density at radius 2 is 1.65 bits per heavy atom. The van der Waals surface area contributed by atoms with Crippen LogP contribution in [0.1, 0.15) is 90.9 Å². The van der Waals surface area contributed by atoms with E-state index in [9.17, 15) is 10.1 Å². The van der Waals surface area contributed by atoms with E-state index in [1.165, 1.54) is 25.7 Å². The zero-order valence-corrected chi connectivity index (χ0v) is 15.0. The monoisotopic (exact) mass is 319 g/mol. The average molecular weight is 319 g/mol. The van der Waals surface area contributed by atoms with Gasteiger partial charge in [0, 0.05) is 6.42 Å². The molecule has 0 atom stereocenters. The van der Waals surface area contributed by atoms with Gasteiger partial charge in [-0.1, -0.05) is 20.3 Å². The zero-order valence-electron chi connectivity index (χ0n) is 15.0. The molecule has 0 aromatic carbocycles. The standard InChI is InChI=1S/C20H33NO2/c1-3-5-19(22)23-18-8-6-16(7-9-18)17-10-13-20(15-21,12-4-2)14-11-17/h16-18H,3-14H2,1-2H3/t16?,17-,18?,20+. The lowest BCUT2D eigenvalue weighted by molar-refractivity contribution is -0.151. The molecular formula is C20H33NO2. The molecule has 3 nitrogen and oxygen atoms in total. The summed E-state index contributed by atoms with van der Waals surface area (Å²) in [6.07, 6.45) is 12.9. The van der Waals surface area contributed by atoms with Gasteiger partial charge in [0.2, 0.25) is 0 Å². The Morgan fingerprint density at radius 1 is 1.04 bits per heavy atom. The molecule has 0 unspecified atom stereocenters. The van der Waals surface area contributed by atoms with E-state index in [0.29, 0.717) is 6.42 Å². The van der Waals surface area contributed by atoms with Gasteiger partial charge in [-0.05, 0) is 76.0 Å². The molecule has 2 aliphatic rings. The molecule has 0 bridgehead atoms. The van der Waals surface area contributed by atoms with Crippen LogP contribution in [0.5, 0.6) is 0 Å². The van der Waals surface area contributed by atoms with Crippen LogP contribution in [0.15, 0.2) is 0 Å². The summed E-state index contributed by atoms with van der Waals surface area (Å²) in [5.74, 6) is 1.56. The normalized spacial score (nSPS) is 34.6. The minimum absolute atomic E-state index is 0.0213. The summed E-state index contributed by atoms with van der Waals surface area (Å²) in [4.78, 5) is 11.6. The Labute approximate surface area is 141 Å². The van der Waals surface area contributed by atoms with Crippen LogP contribution in [0, 0.1) is 28.6 Å². The van der Waals surface area contributed by atoms with E-state index >= 15 is 0 Å². The van der Waals surface area contributed by atoms with Gasteiger partial charge in [0.15, 0.2) is 0 Å². The topological polar surface area (TPSA) is 50.1 Å². The lowest BCUT2D eigenvalue weighted by atomic mass is 9.64. The summed E-state index contributed by atoms with van der Waals surface area (Å²) >= 11 is 0. The smallest absolute Gasteiger partial charge is 0.306 e. The second-order valence-corrected chi connectivity index (χ2v) is 7.76. The first kappa shape index (κ1) is 18.3. The van der Waals surface area contributed by atoms with Crippen molar-refractivity contribution in [2.45, 2.75) is 97.0 Å². The summed E-state index contributed by atoms with van der Waals surface area (Å²) in [6.45, 7) is 4.20. The molecule has 0 radical (unpaired) electrons. The van der Waals surface area contributed by atoms with Crippen molar-refractivity contribution in [3.8, 4) is 6.07 Å². The van der Waals surface area contributed by atoms with E-state index in [-0.39, 0.29) is 17.5 Å². The number of carbonyl (C=O) groups excluding carboxylic acids is 1. The second-order valence-electron chi connectivity index (χ2n) is 7.76. The first-order valence-electron chi connectivity index (χ1n) is 9.73. The van der Waals surface area contributed by atoms with Gasteiger partial charge in [0.05, 0.1) is 11.5 Å². The molecule has 0 saturated heterocycles. The third-order valence-electron chi connectivity index (χ3n) is 6.09. The van der Waals surface area contributed by atoms with Crippen molar-refractivity contribution < 1.29 is 9.53 Å². The molecule has 2 saturated carbocycles. The molecule has 0 aliphatic heterocycles. The molecule has 0 N–H and O–H groups in total. The third kappa shape index (κ3) is 4.96. The van der Waals surface area contributed by atoms with Crippen molar-refractivity contribution in [2.75, 3.05) is 0 Å². The SMILES string of the molecule is CCCC(=O)OC1CCC([C@H]2CC[C@](C#N)(CCC)CC2)CC1. The van der Waals surface area contributed by atoms with Crippen LogP contribution in [-0.2, 0) is 9.53 Å². The molecule has 0 amide bonds. The molecular weight excluding hydrogens is 286 g/mol. The van der Waals surface area contributed by atoms with Crippen molar-refractivity contribution in [1.29, 1.82) is 5.26 Å². The fourth-order valence-electron chi connectivity index (χ4n) is 4.69. The first-order valence-corrected chi connectivity index (χ1v) is 9.73. The van der Waals surface area contributed by atoms with Gasteiger partial charge in [0.1, 0.15) is 6.10 Å².